The van der Waals surface area contributed by atoms with Crippen LogP contribution in [0.15, 0.2) is 0 Å². The van der Waals surface area contributed by atoms with Gasteiger partial charge in [-0.25, -0.2) is 0 Å². The number of nitrogens with zero attached hydrogens (tertiary/aromatic N) is 2. The Morgan fingerprint density at radius 3 is 2.58 bits per heavy atom. The van der Waals surface area contributed by atoms with Crippen LogP contribution < -0.4 is 5.32 Å². The van der Waals surface area contributed by atoms with Crippen LogP contribution in [0.1, 0.15) is 47.0 Å². The van der Waals surface area contributed by atoms with E-state index in [0.29, 0.717) is 0 Å². The maximum Gasteiger partial charge on any atom is 0.0235 e. The third-order valence-electron chi connectivity index (χ3n) is 4.32. The van der Waals surface area contributed by atoms with Gasteiger partial charge in [0.05, 0.1) is 0 Å². The Labute approximate surface area is 120 Å². The minimum absolute atomic E-state index is 0.802. The van der Waals surface area contributed by atoms with Gasteiger partial charge in [0.15, 0.2) is 0 Å². The Morgan fingerprint density at radius 2 is 1.95 bits per heavy atom. The summed E-state index contributed by atoms with van der Waals surface area (Å²) in [5, 5.41) is 3.58. The molecule has 0 saturated carbocycles. The average Bonchev–Trinajstić information content (AvgIpc) is 2.83. The summed E-state index contributed by atoms with van der Waals surface area (Å²) in [6, 6.07) is 0.802. The number of likely N-dealkylation sites (N-methyl/N-ethyl adjacent to an activating group) is 1. The van der Waals surface area contributed by atoms with E-state index in [0.717, 1.165) is 18.5 Å². The van der Waals surface area contributed by atoms with E-state index in [4.69, 9.17) is 0 Å². The molecule has 0 spiro atoms. The molecule has 3 heteroatoms. The Balaban J connectivity index is 2.02. The number of hydrogen-bond acceptors (Lipinski definition) is 3. The summed E-state index contributed by atoms with van der Waals surface area (Å²) in [4.78, 5) is 5.23. The lowest BCUT2D eigenvalue weighted by molar-refractivity contribution is 0.211. The zero-order chi connectivity index (χ0) is 14.1. The standard InChI is InChI=1S/C16H35N3/c1-5-19(6-2)16-9-12-18(14-16)13-11-17-10-7-8-15(3)4/h15-17H,5-14H2,1-4H3. The first-order valence-electron chi connectivity index (χ1n) is 8.34. The van der Waals surface area contributed by atoms with Crippen LogP contribution in [0.4, 0.5) is 0 Å². The SMILES string of the molecule is CCN(CC)C1CCN(CCNCCCC(C)C)C1. The molecular formula is C16H35N3. The van der Waals surface area contributed by atoms with Crippen molar-refractivity contribution >= 4 is 0 Å². The molecule has 1 atom stereocenters. The second kappa shape index (κ2) is 9.73. The van der Waals surface area contributed by atoms with Crippen LogP contribution in [0.2, 0.25) is 0 Å². The maximum absolute atomic E-state index is 3.58. The lowest BCUT2D eigenvalue weighted by Crippen LogP contribution is -2.38. The van der Waals surface area contributed by atoms with Crippen molar-refractivity contribution in [1.82, 2.24) is 15.1 Å². The zero-order valence-corrected chi connectivity index (χ0v) is 13.6. The van der Waals surface area contributed by atoms with E-state index in [1.165, 1.54) is 58.5 Å². The summed E-state index contributed by atoms with van der Waals surface area (Å²) in [6.07, 6.45) is 4.02. The first-order chi connectivity index (χ1) is 9.17. The first-order valence-corrected chi connectivity index (χ1v) is 8.34. The molecule has 1 rings (SSSR count). The van der Waals surface area contributed by atoms with E-state index in [1.807, 2.05) is 0 Å². The van der Waals surface area contributed by atoms with Gasteiger partial charge >= 0.3 is 0 Å². The molecule has 3 nitrogen and oxygen atoms in total. The fourth-order valence-corrected chi connectivity index (χ4v) is 3.05. The molecule has 1 N–H and O–H groups in total. The Morgan fingerprint density at radius 1 is 1.21 bits per heavy atom. The van der Waals surface area contributed by atoms with Gasteiger partial charge in [0.1, 0.15) is 0 Å². The van der Waals surface area contributed by atoms with E-state index in [-0.39, 0.29) is 0 Å². The summed E-state index contributed by atoms with van der Waals surface area (Å²) in [6.45, 7) is 17.7. The number of rotatable bonds is 10. The van der Waals surface area contributed by atoms with Crippen molar-refractivity contribution < 1.29 is 0 Å². The van der Waals surface area contributed by atoms with Crippen molar-refractivity contribution in [2.45, 2.75) is 53.0 Å². The van der Waals surface area contributed by atoms with Crippen LogP contribution >= 0.6 is 0 Å². The zero-order valence-electron chi connectivity index (χ0n) is 13.6. The molecule has 0 aromatic rings. The molecule has 1 aliphatic rings. The fourth-order valence-electron chi connectivity index (χ4n) is 3.05. The molecule has 114 valence electrons. The largest absolute Gasteiger partial charge is 0.315 e. The van der Waals surface area contributed by atoms with Crippen molar-refractivity contribution in [3.8, 4) is 0 Å². The van der Waals surface area contributed by atoms with Crippen LogP contribution in [-0.4, -0.2) is 61.7 Å². The van der Waals surface area contributed by atoms with E-state index in [1.54, 1.807) is 0 Å². The van der Waals surface area contributed by atoms with E-state index < -0.39 is 0 Å². The van der Waals surface area contributed by atoms with Crippen molar-refractivity contribution in [1.29, 1.82) is 0 Å². The van der Waals surface area contributed by atoms with Gasteiger partial charge in [-0.2, -0.15) is 0 Å². The van der Waals surface area contributed by atoms with E-state index >= 15 is 0 Å². The van der Waals surface area contributed by atoms with Crippen molar-refractivity contribution in [3.05, 3.63) is 0 Å². The number of nitrogens with one attached hydrogen (secondary N) is 1. The van der Waals surface area contributed by atoms with E-state index in [9.17, 15) is 0 Å². The molecule has 0 aromatic carbocycles. The smallest absolute Gasteiger partial charge is 0.0235 e. The molecule has 1 fully saturated rings. The number of hydrogen-bond donors (Lipinski definition) is 1. The molecule has 19 heavy (non-hydrogen) atoms. The Hall–Kier alpha value is -0.120. The highest BCUT2D eigenvalue weighted by Gasteiger charge is 2.25. The lowest BCUT2D eigenvalue weighted by Gasteiger charge is -2.26. The Kier molecular flexibility index (Phi) is 8.67. The van der Waals surface area contributed by atoms with Gasteiger partial charge in [-0.1, -0.05) is 27.7 Å². The first kappa shape index (κ1) is 16.9. The van der Waals surface area contributed by atoms with Gasteiger partial charge in [-0.3, -0.25) is 4.90 Å². The average molecular weight is 269 g/mol. The second-order valence-electron chi connectivity index (χ2n) is 6.25. The third kappa shape index (κ3) is 6.73. The van der Waals surface area contributed by atoms with Crippen molar-refractivity contribution in [2.24, 2.45) is 5.92 Å². The highest BCUT2D eigenvalue weighted by atomic mass is 15.3. The molecule has 1 unspecified atom stereocenters. The molecule has 1 heterocycles. The molecule has 0 aromatic heterocycles. The highest BCUT2D eigenvalue weighted by Crippen LogP contribution is 2.14. The van der Waals surface area contributed by atoms with Crippen LogP contribution in [-0.2, 0) is 0 Å². The molecule has 0 amide bonds. The maximum atomic E-state index is 3.58. The normalized spacial score (nSPS) is 20.8. The molecule has 0 aliphatic carbocycles. The summed E-state index contributed by atoms with van der Waals surface area (Å²) >= 11 is 0. The predicted molar refractivity (Wildman–Crippen MR) is 84.7 cm³/mol. The predicted octanol–water partition coefficient (Wildman–Crippen LogP) is 2.43. The van der Waals surface area contributed by atoms with Gasteiger partial charge in [0.2, 0.25) is 0 Å². The van der Waals surface area contributed by atoms with Gasteiger partial charge in [-0.05, 0) is 51.4 Å². The fraction of sp³-hybridized carbons (Fsp3) is 1.00. The van der Waals surface area contributed by atoms with Crippen LogP contribution in [0.5, 0.6) is 0 Å². The van der Waals surface area contributed by atoms with Gasteiger partial charge in [0, 0.05) is 25.7 Å². The lowest BCUT2D eigenvalue weighted by atomic mass is 10.1. The van der Waals surface area contributed by atoms with Gasteiger partial charge < -0.3 is 10.2 Å². The van der Waals surface area contributed by atoms with Gasteiger partial charge in [0.25, 0.3) is 0 Å². The second-order valence-corrected chi connectivity index (χ2v) is 6.25. The minimum atomic E-state index is 0.802. The molecule has 1 aliphatic heterocycles. The van der Waals surface area contributed by atoms with E-state index in [2.05, 4.69) is 42.8 Å². The third-order valence-corrected chi connectivity index (χ3v) is 4.32. The summed E-state index contributed by atoms with van der Waals surface area (Å²) in [5.41, 5.74) is 0. The van der Waals surface area contributed by atoms with Crippen LogP contribution in [0.25, 0.3) is 0 Å². The number of likely N-dealkylation sites (tertiary alicyclic amines) is 1. The minimum Gasteiger partial charge on any atom is -0.315 e. The van der Waals surface area contributed by atoms with Gasteiger partial charge in [-0.15, -0.1) is 0 Å². The summed E-state index contributed by atoms with van der Waals surface area (Å²) in [7, 11) is 0. The topological polar surface area (TPSA) is 18.5 Å². The highest BCUT2D eigenvalue weighted by molar-refractivity contribution is 4.82. The van der Waals surface area contributed by atoms with Crippen molar-refractivity contribution in [3.63, 3.8) is 0 Å². The van der Waals surface area contributed by atoms with Crippen molar-refractivity contribution in [2.75, 3.05) is 45.8 Å². The Bertz CT molecular complexity index is 214. The molecule has 1 saturated heterocycles. The molecule has 0 radical (unpaired) electrons. The molecular weight excluding hydrogens is 234 g/mol. The quantitative estimate of drug-likeness (QED) is 0.615. The summed E-state index contributed by atoms with van der Waals surface area (Å²) in [5.74, 6) is 0.843. The van der Waals surface area contributed by atoms with Crippen LogP contribution in [0, 0.1) is 5.92 Å². The monoisotopic (exact) mass is 269 g/mol. The molecule has 0 bridgehead atoms. The summed E-state index contributed by atoms with van der Waals surface area (Å²) < 4.78 is 0. The van der Waals surface area contributed by atoms with Crippen LogP contribution in [0.3, 0.4) is 0 Å².